The molecule has 2 amide bonds. The number of rotatable bonds is 9. The third kappa shape index (κ3) is 7.79. The van der Waals surface area contributed by atoms with Crippen LogP contribution < -0.4 is 16.4 Å². The van der Waals surface area contributed by atoms with E-state index in [0.717, 1.165) is 6.42 Å². The van der Waals surface area contributed by atoms with Gasteiger partial charge in [0.2, 0.25) is 11.8 Å². The van der Waals surface area contributed by atoms with E-state index >= 15 is 0 Å². The Hall–Kier alpha value is -1.14. The summed E-state index contributed by atoms with van der Waals surface area (Å²) in [5.74, 6) is -0.163. The Morgan fingerprint density at radius 2 is 1.89 bits per heavy atom. The van der Waals surface area contributed by atoms with E-state index in [9.17, 15) is 9.59 Å². The maximum atomic E-state index is 11.9. The molecule has 0 heterocycles. The fraction of sp³-hybridized carbons (Fsp3) is 0.846. The standard InChI is InChI=1S/C13H27N3O3/c1-9(2)8-11(13(18)15-3)16-12(17)10(14)6-5-7-19-4/h9-11H,5-8,14H2,1-4H3,(H,15,18)(H,16,17). The van der Waals surface area contributed by atoms with Crippen LogP contribution in [0.4, 0.5) is 0 Å². The van der Waals surface area contributed by atoms with Gasteiger partial charge in [0.15, 0.2) is 0 Å². The van der Waals surface area contributed by atoms with Crippen molar-refractivity contribution >= 4 is 11.8 Å². The van der Waals surface area contributed by atoms with Crippen molar-refractivity contribution in [1.29, 1.82) is 0 Å². The summed E-state index contributed by atoms with van der Waals surface area (Å²) in [5, 5.41) is 5.26. The first-order valence-electron chi connectivity index (χ1n) is 6.68. The number of carbonyl (C=O) groups is 2. The fourth-order valence-electron chi connectivity index (χ4n) is 1.73. The molecule has 112 valence electrons. The summed E-state index contributed by atoms with van der Waals surface area (Å²) in [4.78, 5) is 23.6. The van der Waals surface area contributed by atoms with Gasteiger partial charge in [-0.05, 0) is 25.2 Å². The van der Waals surface area contributed by atoms with Gasteiger partial charge in [-0.2, -0.15) is 0 Å². The largest absolute Gasteiger partial charge is 0.385 e. The first-order chi connectivity index (χ1) is 8.92. The lowest BCUT2D eigenvalue weighted by Crippen LogP contribution is -2.51. The highest BCUT2D eigenvalue weighted by Crippen LogP contribution is 2.06. The van der Waals surface area contributed by atoms with Crippen LogP contribution in [0.15, 0.2) is 0 Å². The summed E-state index contributed by atoms with van der Waals surface area (Å²) in [6.07, 6.45) is 1.86. The average Bonchev–Trinajstić information content (AvgIpc) is 2.36. The topological polar surface area (TPSA) is 93.5 Å². The molecule has 0 aromatic heterocycles. The van der Waals surface area contributed by atoms with Crippen LogP contribution in [0.3, 0.4) is 0 Å². The van der Waals surface area contributed by atoms with Gasteiger partial charge in [-0.3, -0.25) is 9.59 Å². The molecule has 0 bridgehead atoms. The van der Waals surface area contributed by atoms with Gasteiger partial charge >= 0.3 is 0 Å². The van der Waals surface area contributed by atoms with Crippen molar-refractivity contribution in [2.75, 3.05) is 20.8 Å². The third-order valence-corrected chi connectivity index (χ3v) is 2.79. The number of hydrogen-bond donors (Lipinski definition) is 3. The Labute approximate surface area is 115 Å². The Bertz CT molecular complexity index is 282. The fourth-order valence-corrected chi connectivity index (χ4v) is 1.73. The molecular weight excluding hydrogens is 246 g/mol. The van der Waals surface area contributed by atoms with Crippen LogP contribution in [0.5, 0.6) is 0 Å². The summed E-state index contributed by atoms with van der Waals surface area (Å²) in [6.45, 7) is 4.58. The molecule has 0 aromatic carbocycles. The highest BCUT2D eigenvalue weighted by molar-refractivity contribution is 5.89. The van der Waals surface area contributed by atoms with Gasteiger partial charge in [0.05, 0.1) is 6.04 Å². The summed E-state index contributed by atoms with van der Waals surface area (Å²) in [7, 11) is 3.16. The lowest BCUT2D eigenvalue weighted by atomic mass is 10.0. The van der Waals surface area contributed by atoms with Gasteiger partial charge in [-0.25, -0.2) is 0 Å². The van der Waals surface area contributed by atoms with Gasteiger partial charge in [0.1, 0.15) is 6.04 Å². The molecule has 19 heavy (non-hydrogen) atoms. The number of nitrogens with one attached hydrogen (secondary N) is 2. The zero-order valence-electron chi connectivity index (χ0n) is 12.4. The monoisotopic (exact) mass is 273 g/mol. The van der Waals surface area contributed by atoms with Crippen molar-refractivity contribution in [3.8, 4) is 0 Å². The van der Waals surface area contributed by atoms with E-state index in [4.69, 9.17) is 10.5 Å². The first-order valence-corrected chi connectivity index (χ1v) is 6.68. The Morgan fingerprint density at radius 3 is 2.37 bits per heavy atom. The van der Waals surface area contributed by atoms with E-state index in [1.165, 1.54) is 0 Å². The SMILES string of the molecule is CNC(=O)C(CC(C)C)NC(=O)C(N)CCCOC. The molecule has 2 unspecified atom stereocenters. The maximum absolute atomic E-state index is 11.9. The molecule has 0 aliphatic heterocycles. The van der Waals surface area contributed by atoms with E-state index in [0.29, 0.717) is 25.4 Å². The predicted octanol–water partition coefficient (Wildman–Crippen LogP) is 0.0172. The quantitative estimate of drug-likeness (QED) is 0.516. The zero-order chi connectivity index (χ0) is 14.8. The van der Waals surface area contributed by atoms with Crippen LogP contribution in [0.2, 0.25) is 0 Å². The van der Waals surface area contributed by atoms with Crippen LogP contribution in [0.25, 0.3) is 0 Å². The van der Waals surface area contributed by atoms with Crippen LogP contribution in [0.1, 0.15) is 33.1 Å². The van der Waals surface area contributed by atoms with Gasteiger partial charge in [-0.15, -0.1) is 0 Å². The van der Waals surface area contributed by atoms with E-state index in [1.54, 1.807) is 14.2 Å². The minimum Gasteiger partial charge on any atom is -0.385 e. The number of amides is 2. The average molecular weight is 273 g/mol. The van der Waals surface area contributed by atoms with E-state index in [-0.39, 0.29) is 11.8 Å². The second kappa shape index (κ2) is 9.75. The molecule has 2 atom stereocenters. The summed E-state index contributed by atoms with van der Waals surface area (Å²) in [5.41, 5.74) is 5.78. The molecule has 0 aliphatic carbocycles. The third-order valence-electron chi connectivity index (χ3n) is 2.79. The smallest absolute Gasteiger partial charge is 0.242 e. The van der Waals surface area contributed by atoms with Crippen LogP contribution in [-0.2, 0) is 14.3 Å². The van der Waals surface area contributed by atoms with Crippen LogP contribution in [-0.4, -0.2) is 44.7 Å². The van der Waals surface area contributed by atoms with Crippen molar-refractivity contribution in [3.05, 3.63) is 0 Å². The van der Waals surface area contributed by atoms with Crippen molar-refractivity contribution in [2.24, 2.45) is 11.7 Å². The zero-order valence-corrected chi connectivity index (χ0v) is 12.4. The molecule has 0 aromatic rings. The Morgan fingerprint density at radius 1 is 1.26 bits per heavy atom. The Balaban J connectivity index is 4.32. The molecule has 6 nitrogen and oxygen atoms in total. The normalized spacial score (nSPS) is 14.0. The second-order valence-corrected chi connectivity index (χ2v) is 5.05. The number of hydrogen-bond acceptors (Lipinski definition) is 4. The molecule has 0 saturated carbocycles. The Kier molecular flexibility index (Phi) is 9.16. The highest BCUT2D eigenvalue weighted by atomic mass is 16.5. The molecule has 0 radical (unpaired) electrons. The van der Waals surface area contributed by atoms with Gasteiger partial charge in [0, 0.05) is 20.8 Å². The molecule has 0 spiro atoms. The molecule has 0 aliphatic rings. The van der Waals surface area contributed by atoms with Crippen molar-refractivity contribution in [3.63, 3.8) is 0 Å². The lowest BCUT2D eigenvalue weighted by molar-refractivity contribution is -0.129. The van der Waals surface area contributed by atoms with Crippen molar-refractivity contribution in [1.82, 2.24) is 10.6 Å². The van der Waals surface area contributed by atoms with E-state index in [1.807, 2.05) is 13.8 Å². The van der Waals surface area contributed by atoms with E-state index < -0.39 is 12.1 Å². The lowest BCUT2D eigenvalue weighted by Gasteiger charge is -2.21. The summed E-state index contributed by atoms with van der Waals surface area (Å²) in [6, 6.07) is -1.12. The molecular formula is C13H27N3O3. The number of methoxy groups -OCH3 is 1. The summed E-state index contributed by atoms with van der Waals surface area (Å²) >= 11 is 0. The minimum atomic E-state index is -0.602. The van der Waals surface area contributed by atoms with Crippen molar-refractivity contribution in [2.45, 2.75) is 45.2 Å². The number of likely N-dealkylation sites (N-methyl/N-ethyl adjacent to an activating group) is 1. The molecule has 6 heteroatoms. The van der Waals surface area contributed by atoms with Crippen LogP contribution >= 0.6 is 0 Å². The number of carbonyl (C=O) groups excluding carboxylic acids is 2. The molecule has 0 fully saturated rings. The van der Waals surface area contributed by atoms with Crippen molar-refractivity contribution < 1.29 is 14.3 Å². The van der Waals surface area contributed by atoms with Gasteiger partial charge in [-0.1, -0.05) is 13.8 Å². The number of nitrogens with two attached hydrogens (primary N) is 1. The molecule has 4 N–H and O–H groups in total. The molecule has 0 saturated heterocycles. The highest BCUT2D eigenvalue weighted by Gasteiger charge is 2.23. The van der Waals surface area contributed by atoms with Crippen LogP contribution in [0, 0.1) is 5.92 Å². The molecule has 0 rings (SSSR count). The van der Waals surface area contributed by atoms with Gasteiger partial charge in [0.25, 0.3) is 0 Å². The predicted molar refractivity (Wildman–Crippen MR) is 74.5 cm³/mol. The van der Waals surface area contributed by atoms with E-state index in [2.05, 4.69) is 10.6 Å². The van der Waals surface area contributed by atoms with Gasteiger partial charge < -0.3 is 21.1 Å². The number of ether oxygens (including phenoxy) is 1. The first kappa shape index (κ1) is 17.9. The summed E-state index contributed by atoms with van der Waals surface area (Å²) < 4.78 is 4.91. The minimum absolute atomic E-state index is 0.189. The maximum Gasteiger partial charge on any atom is 0.242 e. The second-order valence-electron chi connectivity index (χ2n) is 5.05.